The summed E-state index contributed by atoms with van der Waals surface area (Å²) in [5, 5.41) is 4.07. The van der Waals surface area contributed by atoms with Crippen molar-refractivity contribution in [3.05, 3.63) is 18.0 Å². The highest BCUT2D eigenvalue weighted by Crippen LogP contribution is 2.52. The van der Waals surface area contributed by atoms with E-state index in [1.54, 1.807) is 11.0 Å². The van der Waals surface area contributed by atoms with Gasteiger partial charge >= 0.3 is 0 Å². The van der Waals surface area contributed by atoms with Crippen molar-refractivity contribution in [2.45, 2.75) is 37.3 Å². The zero-order valence-corrected chi connectivity index (χ0v) is 13.5. The number of likely N-dealkylation sites (tertiary alicyclic amines) is 1. The van der Waals surface area contributed by atoms with Crippen LogP contribution in [0.1, 0.15) is 35.8 Å². The molecule has 0 N–H and O–H groups in total. The van der Waals surface area contributed by atoms with Crippen LogP contribution in [0.25, 0.3) is 0 Å². The molecule has 1 aromatic rings. The van der Waals surface area contributed by atoms with E-state index in [4.69, 9.17) is 4.74 Å². The maximum absolute atomic E-state index is 13.1. The van der Waals surface area contributed by atoms with Crippen LogP contribution in [-0.2, 0) is 4.74 Å². The van der Waals surface area contributed by atoms with Crippen LogP contribution in [0.2, 0.25) is 0 Å². The standard InChI is InChI=1S/C16H22F2N4O2/c17-16(18)11-14(16)22-6-3-13(19-22)15(23)21-4-1-12(2-5-21)20-7-9-24-10-8-20/h3,6,12,14H,1-2,4-5,7-11H2. The van der Waals surface area contributed by atoms with Crippen LogP contribution in [0, 0.1) is 0 Å². The fourth-order valence-corrected chi connectivity index (χ4v) is 3.65. The Hall–Kier alpha value is -1.54. The molecule has 3 fully saturated rings. The molecule has 132 valence electrons. The van der Waals surface area contributed by atoms with E-state index in [1.165, 1.54) is 10.9 Å². The first kappa shape index (κ1) is 16.0. The zero-order valence-electron chi connectivity index (χ0n) is 13.5. The number of hydrogen-bond donors (Lipinski definition) is 0. The predicted molar refractivity (Wildman–Crippen MR) is 82.1 cm³/mol. The van der Waals surface area contributed by atoms with Crippen LogP contribution >= 0.6 is 0 Å². The first-order valence-corrected chi connectivity index (χ1v) is 8.59. The van der Waals surface area contributed by atoms with Crippen LogP contribution in [0.4, 0.5) is 8.78 Å². The largest absolute Gasteiger partial charge is 0.379 e. The zero-order chi connectivity index (χ0) is 16.7. The maximum Gasteiger partial charge on any atom is 0.274 e. The van der Waals surface area contributed by atoms with Crippen molar-refractivity contribution < 1.29 is 18.3 Å². The van der Waals surface area contributed by atoms with Gasteiger partial charge in [0.25, 0.3) is 11.8 Å². The SMILES string of the molecule is O=C(c1ccn(C2CC2(F)F)n1)N1CCC(N2CCOCC2)CC1. The average Bonchev–Trinajstić information content (AvgIpc) is 3.02. The van der Waals surface area contributed by atoms with E-state index in [9.17, 15) is 13.6 Å². The summed E-state index contributed by atoms with van der Waals surface area (Å²) in [6.45, 7) is 4.85. The molecular formula is C16H22F2N4O2. The van der Waals surface area contributed by atoms with E-state index in [0.717, 1.165) is 39.1 Å². The summed E-state index contributed by atoms with van der Waals surface area (Å²) in [6.07, 6.45) is 3.17. The molecule has 24 heavy (non-hydrogen) atoms. The Morgan fingerprint density at radius 1 is 1.21 bits per heavy atom. The van der Waals surface area contributed by atoms with Gasteiger partial charge in [0.15, 0.2) is 0 Å². The normalized spacial score (nSPS) is 28.1. The van der Waals surface area contributed by atoms with Crippen molar-refractivity contribution in [3.8, 4) is 0 Å². The number of piperidine rings is 1. The molecule has 1 amide bonds. The van der Waals surface area contributed by atoms with Crippen molar-refractivity contribution in [1.82, 2.24) is 19.6 Å². The number of morpholine rings is 1. The molecule has 1 unspecified atom stereocenters. The molecule has 0 aromatic carbocycles. The van der Waals surface area contributed by atoms with E-state index in [2.05, 4.69) is 10.00 Å². The Bertz CT molecular complexity index is 607. The first-order chi connectivity index (χ1) is 11.5. The molecule has 1 aliphatic carbocycles. The number of carbonyl (C=O) groups excluding carboxylic acids is 1. The number of carbonyl (C=O) groups is 1. The molecular weight excluding hydrogens is 318 g/mol. The number of amides is 1. The topological polar surface area (TPSA) is 50.6 Å². The highest BCUT2D eigenvalue weighted by Gasteiger charge is 2.59. The minimum absolute atomic E-state index is 0.154. The van der Waals surface area contributed by atoms with Gasteiger partial charge in [-0.25, -0.2) is 8.78 Å². The van der Waals surface area contributed by atoms with Crippen LogP contribution in [0.3, 0.4) is 0 Å². The second-order valence-electron chi connectivity index (χ2n) is 6.83. The Morgan fingerprint density at radius 3 is 2.50 bits per heavy atom. The molecule has 6 nitrogen and oxygen atoms in total. The van der Waals surface area contributed by atoms with Gasteiger partial charge in [0.1, 0.15) is 11.7 Å². The number of ether oxygens (including phenoxy) is 1. The highest BCUT2D eigenvalue weighted by molar-refractivity contribution is 5.92. The fourth-order valence-electron chi connectivity index (χ4n) is 3.65. The predicted octanol–water partition coefficient (Wildman–Crippen LogP) is 1.40. The van der Waals surface area contributed by atoms with Crippen molar-refractivity contribution in [2.75, 3.05) is 39.4 Å². The van der Waals surface area contributed by atoms with Crippen molar-refractivity contribution in [3.63, 3.8) is 0 Å². The first-order valence-electron chi connectivity index (χ1n) is 8.59. The maximum atomic E-state index is 13.1. The quantitative estimate of drug-likeness (QED) is 0.835. The van der Waals surface area contributed by atoms with Gasteiger partial charge in [-0.3, -0.25) is 14.4 Å². The monoisotopic (exact) mass is 340 g/mol. The Labute approximate surface area is 139 Å². The van der Waals surface area contributed by atoms with Gasteiger partial charge in [-0.2, -0.15) is 5.10 Å². The Balaban J connectivity index is 1.33. The third kappa shape index (κ3) is 3.04. The lowest BCUT2D eigenvalue weighted by atomic mass is 10.0. The van der Waals surface area contributed by atoms with Gasteiger partial charge in [0, 0.05) is 44.8 Å². The molecule has 3 heterocycles. The lowest BCUT2D eigenvalue weighted by molar-refractivity contribution is 0.00151. The molecule has 4 rings (SSSR count). The highest BCUT2D eigenvalue weighted by atomic mass is 19.3. The molecule has 2 aliphatic heterocycles. The molecule has 3 aliphatic rings. The van der Waals surface area contributed by atoms with Gasteiger partial charge in [-0.1, -0.05) is 0 Å². The van der Waals surface area contributed by atoms with Crippen LogP contribution in [0.15, 0.2) is 12.3 Å². The molecule has 8 heteroatoms. The van der Waals surface area contributed by atoms with E-state index in [1.807, 2.05) is 0 Å². The Morgan fingerprint density at radius 2 is 1.88 bits per heavy atom. The summed E-state index contributed by atoms with van der Waals surface area (Å²) in [5.74, 6) is -2.83. The third-order valence-corrected chi connectivity index (χ3v) is 5.25. The summed E-state index contributed by atoms with van der Waals surface area (Å²) < 4.78 is 32.8. The van der Waals surface area contributed by atoms with Gasteiger partial charge in [0.2, 0.25) is 0 Å². The number of aromatic nitrogens is 2. The number of rotatable bonds is 3. The van der Waals surface area contributed by atoms with Crippen LogP contribution < -0.4 is 0 Å². The number of hydrogen-bond acceptors (Lipinski definition) is 4. The minimum Gasteiger partial charge on any atom is -0.379 e. The molecule has 1 aromatic heterocycles. The smallest absolute Gasteiger partial charge is 0.274 e. The van der Waals surface area contributed by atoms with Crippen molar-refractivity contribution >= 4 is 5.91 Å². The average molecular weight is 340 g/mol. The van der Waals surface area contributed by atoms with Gasteiger partial charge in [0.05, 0.1) is 13.2 Å². The van der Waals surface area contributed by atoms with Crippen molar-refractivity contribution in [2.24, 2.45) is 0 Å². The van der Waals surface area contributed by atoms with Gasteiger partial charge in [-0.15, -0.1) is 0 Å². The molecule has 0 radical (unpaired) electrons. The molecule has 1 saturated carbocycles. The second kappa shape index (κ2) is 6.07. The van der Waals surface area contributed by atoms with E-state index in [0.29, 0.717) is 19.1 Å². The third-order valence-electron chi connectivity index (χ3n) is 5.25. The van der Waals surface area contributed by atoms with Crippen molar-refractivity contribution in [1.29, 1.82) is 0 Å². The van der Waals surface area contributed by atoms with Crippen LogP contribution in [-0.4, -0.2) is 76.8 Å². The summed E-state index contributed by atoms with van der Waals surface area (Å²) in [7, 11) is 0. The van der Waals surface area contributed by atoms with E-state index < -0.39 is 12.0 Å². The minimum atomic E-state index is -2.68. The molecule has 0 bridgehead atoms. The number of nitrogens with zero attached hydrogens (tertiary/aromatic N) is 4. The summed E-state index contributed by atoms with van der Waals surface area (Å²) >= 11 is 0. The lowest BCUT2D eigenvalue weighted by Gasteiger charge is -2.39. The van der Waals surface area contributed by atoms with Crippen LogP contribution in [0.5, 0.6) is 0 Å². The summed E-state index contributed by atoms with van der Waals surface area (Å²) in [6, 6.07) is 1.16. The van der Waals surface area contributed by atoms with Gasteiger partial charge < -0.3 is 9.64 Å². The molecule has 1 atom stereocenters. The summed E-state index contributed by atoms with van der Waals surface area (Å²) in [4.78, 5) is 16.8. The van der Waals surface area contributed by atoms with E-state index >= 15 is 0 Å². The second-order valence-corrected chi connectivity index (χ2v) is 6.83. The number of halogens is 2. The summed E-state index contributed by atoms with van der Waals surface area (Å²) in [5.41, 5.74) is 0.266. The fraction of sp³-hybridized carbons (Fsp3) is 0.750. The lowest BCUT2D eigenvalue weighted by Crippen LogP contribution is -2.50. The van der Waals surface area contributed by atoms with Gasteiger partial charge in [-0.05, 0) is 18.9 Å². The molecule has 2 saturated heterocycles. The molecule has 0 spiro atoms. The van der Waals surface area contributed by atoms with E-state index in [-0.39, 0.29) is 18.0 Å². The Kier molecular flexibility index (Phi) is 4.04. The number of alkyl halides is 2.